The maximum atomic E-state index is 11.6. The van der Waals surface area contributed by atoms with Gasteiger partial charge < -0.3 is 9.47 Å². The third-order valence-electron chi connectivity index (χ3n) is 4.32. The number of hydrazine groups is 1. The zero-order valence-electron chi connectivity index (χ0n) is 14.4. The Kier molecular flexibility index (Phi) is 6.46. The molecule has 8 nitrogen and oxygen atoms in total. The number of hydrogen-bond acceptors (Lipinski definition) is 7. The van der Waals surface area contributed by atoms with Gasteiger partial charge in [-0.25, -0.2) is 10.8 Å². The van der Waals surface area contributed by atoms with Crippen molar-refractivity contribution in [1.29, 1.82) is 0 Å². The fourth-order valence-corrected chi connectivity index (χ4v) is 2.93. The molecule has 1 aliphatic carbocycles. The number of amides is 1. The van der Waals surface area contributed by atoms with Crippen molar-refractivity contribution >= 4 is 17.7 Å². The summed E-state index contributed by atoms with van der Waals surface area (Å²) in [7, 11) is 1.40. The summed E-state index contributed by atoms with van der Waals surface area (Å²) in [6, 6.07) is 1.77. The third kappa shape index (κ3) is 4.99. The quantitative estimate of drug-likeness (QED) is 0.254. The van der Waals surface area contributed by atoms with Crippen LogP contribution in [0.3, 0.4) is 0 Å². The molecule has 136 valence electrons. The van der Waals surface area contributed by atoms with E-state index in [1.807, 2.05) is 12.3 Å². The highest BCUT2D eigenvalue weighted by molar-refractivity contribution is 6.36. The first-order chi connectivity index (χ1) is 11.9. The lowest BCUT2D eigenvalue weighted by atomic mass is 9.87. The number of esters is 1. The Morgan fingerprint density at radius 3 is 2.52 bits per heavy atom. The molecule has 1 aromatic rings. The molecule has 3 N–H and O–H groups in total. The zero-order valence-corrected chi connectivity index (χ0v) is 14.4. The first-order valence-electron chi connectivity index (χ1n) is 8.18. The van der Waals surface area contributed by atoms with Gasteiger partial charge in [0.15, 0.2) is 0 Å². The molecule has 0 spiro atoms. The molecule has 8 heteroatoms. The van der Waals surface area contributed by atoms with Crippen LogP contribution < -0.4 is 16.0 Å². The number of carbonyl (C=O) groups is 3. The van der Waals surface area contributed by atoms with Gasteiger partial charge in [-0.2, -0.15) is 0 Å². The van der Waals surface area contributed by atoms with E-state index < -0.39 is 11.7 Å². The van der Waals surface area contributed by atoms with Crippen molar-refractivity contribution < 1.29 is 23.9 Å². The van der Waals surface area contributed by atoms with Crippen molar-refractivity contribution in [2.24, 2.45) is 11.8 Å². The molecule has 1 aliphatic rings. The SMILES string of the molecule is COC(=O)C1CCC(Oc2ncc(CC(=O)C(=O)NN)cc2C)CC1. The average molecular weight is 349 g/mol. The molecule has 1 aromatic heterocycles. The van der Waals surface area contributed by atoms with E-state index in [9.17, 15) is 14.4 Å². The number of rotatable bonds is 6. The Morgan fingerprint density at radius 1 is 1.28 bits per heavy atom. The highest BCUT2D eigenvalue weighted by atomic mass is 16.5. The van der Waals surface area contributed by atoms with Gasteiger partial charge in [0.25, 0.3) is 0 Å². The number of nitrogens with one attached hydrogen (secondary N) is 1. The smallest absolute Gasteiger partial charge is 0.308 e. The van der Waals surface area contributed by atoms with E-state index in [2.05, 4.69) is 4.98 Å². The van der Waals surface area contributed by atoms with E-state index in [1.54, 1.807) is 6.07 Å². The van der Waals surface area contributed by atoms with Gasteiger partial charge in [-0.05, 0) is 44.2 Å². The lowest BCUT2D eigenvalue weighted by Gasteiger charge is -2.27. The number of ketones is 1. The van der Waals surface area contributed by atoms with Gasteiger partial charge in [-0.3, -0.25) is 19.8 Å². The molecule has 0 bridgehead atoms. The number of methoxy groups -OCH3 is 1. The molecule has 1 fully saturated rings. The van der Waals surface area contributed by atoms with Crippen LogP contribution in [-0.4, -0.2) is 35.9 Å². The molecule has 0 atom stereocenters. The highest BCUT2D eigenvalue weighted by Crippen LogP contribution is 2.29. The van der Waals surface area contributed by atoms with Gasteiger partial charge in [0.05, 0.1) is 13.0 Å². The van der Waals surface area contributed by atoms with Crippen LogP contribution in [0.25, 0.3) is 0 Å². The van der Waals surface area contributed by atoms with E-state index in [0.717, 1.165) is 31.2 Å². The predicted molar refractivity (Wildman–Crippen MR) is 88.4 cm³/mol. The summed E-state index contributed by atoms with van der Waals surface area (Å²) in [5.41, 5.74) is 3.22. The molecule has 2 rings (SSSR count). The van der Waals surface area contributed by atoms with E-state index in [1.165, 1.54) is 13.3 Å². The van der Waals surface area contributed by atoms with Gasteiger partial charge in [-0.1, -0.05) is 0 Å². The number of carbonyl (C=O) groups excluding carboxylic acids is 3. The van der Waals surface area contributed by atoms with Gasteiger partial charge >= 0.3 is 11.9 Å². The second kappa shape index (κ2) is 8.57. The van der Waals surface area contributed by atoms with E-state index in [4.69, 9.17) is 15.3 Å². The number of ether oxygens (including phenoxy) is 2. The maximum absolute atomic E-state index is 11.6. The summed E-state index contributed by atoms with van der Waals surface area (Å²) in [6.07, 6.45) is 4.44. The van der Waals surface area contributed by atoms with Crippen LogP contribution in [0.15, 0.2) is 12.3 Å². The highest BCUT2D eigenvalue weighted by Gasteiger charge is 2.28. The first-order valence-corrected chi connectivity index (χ1v) is 8.18. The molecule has 0 aromatic carbocycles. The van der Waals surface area contributed by atoms with Gasteiger partial charge in [-0.15, -0.1) is 0 Å². The lowest BCUT2D eigenvalue weighted by Crippen LogP contribution is -2.37. The number of hydrogen-bond donors (Lipinski definition) is 2. The van der Waals surface area contributed by atoms with Crippen LogP contribution >= 0.6 is 0 Å². The van der Waals surface area contributed by atoms with Crippen LogP contribution in [0.1, 0.15) is 36.8 Å². The van der Waals surface area contributed by atoms with Gasteiger partial charge in [0.2, 0.25) is 11.7 Å². The van der Waals surface area contributed by atoms with Crippen molar-refractivity contribution in [2.75, 3.05) is 7.11 Å². The van der Waals surface area contributed by atoms with Crippen LogP contribution in [0.2, 0.25) is 0 Å². The lowest BCUT2D eigenvalue weighted by molar-refractivity contribution is -0.147. The van der Waals surface area contributed by atoms with E-state index in [0.29, 0.717) is 11.4 Å². The Bertz CT molecular complexity index is 654. The van der Waals surface area contributed by atoms with Crippen molar-refractivity contribution in [3.8, 4) is 5.88 Å². The van der Waals surface area contributed by atoms with Crippen LogP contribution in [0.5, 0.6) is 5.88 Å². The molecular weight excluding hydrogens is 326 g/mol. The van der Waals surface area contributed by atoms with Gasteiger partial charge in [0.1, 0.15) is 6.10 Å². The zero-order chi connectivity index (χ0) is 18.4. The number of pyridine rings is 1. The van der Waals surface area contributed by atoms with Crippen LogP contribution in [-0.2, 0) is 25.5 Å². The minimum Gasteiger partial charge on any atom is -0.474 e. The number of nitrogens with zero attached hydrogens (tertiary/aromatic N) is 1. The summed E-state index contributed by atoms with van der Waals surface area (Å²) in [4.78, 5) is 38.5. The van der Waals surface area contributed by atoms with Crippen molar-refractivity contribution in [3.63, 3.8) is 0 Å². The van der Waals surface area contributed by atoms with Crippen molar-refractivity contribution in [2.45, 2.75) is 45.1 Å². The second-order valence-corrected chi connectivity index (χ2v) is 6.15. The molecule has 0 radical (unpaired) electrons. The van der Waals surface area contributed by atoms with Crippen molar-refractivity contribution in [1.82, 2.24) is 10.4 Å². The molecule has 1 heterocycles. The number of aromatic nitrogens is 1. The second-order valence-electron chi connectivity index (χ2n) is 6.15. The molecule has 0 saturated heterocycles. The minimum absolute atomic E-state index is 0.00241. The Labute approximate surface area is 146 Å². The normalized spacial score (nSPS) is 19.8. The fraction of sp³-hybridized carbons (Fsp3) is 0.529. The molecule has 0 aliphatic heterocycles. The monoisotopic (exact) mass is 349 g/mol. The van der Waals surface area contributed by atoms with Gasteiger partial charge in [0, 0.05) is 18.2 Å². The van der Waals surface area contributed by atoms with Crippen molar-refractivity contribution in [3.05, 3.63) is 23.4 Å². The molecule has 25 heavy (non-hydrogen) atoms. The molecule has 0 unspecified atom stereocenters. The number of nitrogens with two attached hydrogens (primary N) is 1. The standard InChI is InChI=1S/C17H23N3O5/c1-10-7-11(8-14(21)15(22)20-18)9-19-16(10)25-13-5-3-12(4-6-13)17(23)24-2/h7,9,12-13H,3-6,8,18H2,1-2H3,(H,20,22). The Hall–Kier alpha value is -2.48. The van der Waals surface area contributed by atoms with Crippen LogP contribution in [0, 0.1) is 12.8 Å². The summed E-state index contributed by atoms with van der Waals surface area (Å²) in [5, 5.41) is 0. The third-order valence-corrected chi connectivity index (χ3v) is 4.32. The fourth-order valence-electron chi connectivity index (χ4n) is 2.93. The molecule has 1 amide bonds. The summed E-state index contributed by atoms with van der Waals surface area (Å²) < 4.78 is 10.7. The summed E-state index contributed by atoms with van der Waals surface area (Å²) >= 11 is 0. The molecule has 1 saturated carbocycles. The average Bonchev–Trinajstić information content (AvgIpc) is 2.63. The number of aryl methyl sites for hydroxylation is 1. The Morgan fingerprint density at radius 2 is 1.96 bits per heavy atom. The van der Waals surface area contributed by atoms with E-state index in [-0.39, 0.29) is 24.4 Å². The number of Topliss-reactive ketones (excluding diaryl/α,β-unsaturated/α-hetero) is 1. The largest absolute Gasteiger partial charge is 0.474 e. The first kappa shape index (κ1) is 18.9. The minimum atomic E-state index is -0.833. The summed E-state index contributed by atoms with van der Waals surface area (Å²) in [5.74, 6) is 3.76. The van der Waals surface area contributed by atoms with Crippen LogP contribution in [0.4, 0.5) is 0 Å². The molecular formula is C17H23N3O5. The maximum Gasteiger partial charge on any atom is 0.308 e. The topological polar surface area (TPSA) is 121 Å². The summed E-state index contributed by atoms with van der Waals surface area (Å²) in [6.45, 7) is 1.83. The van der Waals surface area contributed by atoms with E-state index >= 15 is 0 Å². The Balaban J connectivity index is 1.92. The predicted octanol–water partition coefficient (Wildman–Crippen LogP) is 0.602.